The van der Waals surface area contributed by atoms with Crippen LogP contribution < -0.4 is 0 Å². The van der Waals surface area contributed by atoms with Crippen molar-refractivity contribution in [3.63, 3.8) is 0 Å². The van der Waals surface area contributed by atoms with Crippen LogP contribution in [0.1, 0.15) is 11.3 Å². The van der Waals surface area contributed by atoms with Gasteiger partial charge in [-0.2, -0.15) is 0 Å². The summed E-state index contributed by atoms with van der Waals surface area (Å²) >= 11 is 3.41. The van der Waals surface area contributed by atoms with Gasteiger partial charge in [0.05, 0.1) is 5.69 Å². The molecule has 2 rings (SSSR count). The molecule has 0 bridgehead atoms. The molecular weight excluding hydrogens is 250 g/mol. The minimum absolute atomic E-state index is 0.952. The zero-order valence-corrected chi connectivity index (χ0v) is 9.68. The van der Waals surface area contributed by atoms with Gasteiger partial charge in [-0.25, -0.2) is 0 Å². The molecule has 0 saturated carbocycles. The van der Waals surface area contributed by atoms with Gasteiger partial charge in [-0.3, -0.25) is 4.98 Å². The van der Waals surface area contributed by atoms with Crippen molar-refractivity contribution in [1.82, 2.24) is 4.98 Å². The number of aromatic nitrogens is 1. The second kappa shape index (κ2) is 4.89. The molecule has 0 aliphatic rings. The van der Waals surface area contributed by atoms with Crippen LogP contribution in [0.3, 0.4) is 0 Å². The third-order valence-corrected chi connectivity index (χ3v) is 2.48. The van der Waals surface area contributed by atoms with Crippen LogP contribution in [0.4, 0.5) is 0 Å². The molecule has 0 unspecified atom stereocenters. The van der Waals surface area contributed by atoms with Crippen LogP contribution in [0.25, 0.3) is 12.2 Å². The van der Waals surface area contributed by atoms with E-state index in [2.05, 4.69) is 39.1 Å². The molecule has 0 aliphatic heterocycles. The SMILES string of the molecule is Brc1ccnc(C=Cc2ccccc2)c1. The van der Waals surface area contributed by atoms with Gasteiger partial charge in [0.1, 0.15) is 0 Å². The van der Waals surface area contributed by atoms with E-state index in [1.807, 2.05) is 36.4 Å². The summed E-state index contributed by atoms with van der Waals surface area (Å²) in [6, 6.07) is 14.1. The Morgan fingerprint density at radius 1 is 1.00 bits per heavy atom. The first-order valence-corrected chi connectivity index (χ1v) is 5.48. The minimum atomic E-state index is 0.952. The van der Waals surface area contributed by atoms with Gasteiger partial charge in [0.15, 0.2) is 0 Å². The van der Waals surface area contributed by atoms with Gasteiger partial charge in [-0.1, -0.05) is 52.3 Å². The third-order valence-electron chi connectivity index (χ3n) is 1.99. The largest absolute Gasteiger partial charge is 0.257 e. The van der Waals surface area contributed by atoms with Crippen molar-refractivity contribution in [1.29, 1.82) is 0 Å². The summed E-state index contributed by atoms with van der Waals surface area (Å²) in [6.07, 6.45) is 5.84. The summed E-state index contributed by atoms with van der Waals surface area (Å²) in [6.45, 7) is 0. The molecule has 0 amide bonds. The lowest BCUT2D eigenvalue weighted by Gasteiger charge is -1.94. The zero-order valence-electron chi connectivity index (χ0n) is 8.10. The van der Waals surface area contributed by atoms with E-state index in [1.165, 1.54) is 5.56 Å². The minimum Gasteiger partial charge on any atom is -0.257 e. The molecular formula is C13H10BrN. The van der Waals surface area contributed by atoms with Crippen molar-refractivity contribution < 1.29 is 0 Å². The highest BCUT2D eigenvalue weighted by Gasteiger charge is 1.90. The Balaban J connectivity index is 2.19. The van der Waals surface area contributed by atoms with Gasteiger partial charge in [0.2, 0.25) is 0 Å². The molecule has 0 N–H and O–H groups in total. The van der Waals surface area contributed by atoms with Crippen LogP contribution in [-0.2, 0) is 0 Å². The zero-order chi connectivity index (χ0) is 10.5. The Labute approximate surface area is 97.6 Å². The molecule has 0 atom stereocenters. The lowest BCUT2D eigenvalue weighted by molar-refractivity contribution is 1.29. The maximum Gasteiger partial charge on any atom is 0.0641 e. The Bertz CT molecular complexity index is 463. The average Bonchev–Trinajstić information content (AvgIpc) is 2.28. The predicted octanol–water partition coefficient (Wildman–Crippen LogP) is 4.01. The highest BCUT2D eigenvalue weighted by molar-refractivity contribution is 9.10. The second-order valence-corrected chi connectivity index (χ2v) is 4.06. The molecule has 74 valence electrons. The van der Waals surface area contributed by atoms with E-state index >= 15 is 0 Å². The molecule has 0 radical (unpaired) electrons. The maximum absolute atomic E-state index is 4.24. The van der Waals surface area contributed by atoms with Crippen LogP contribution >= 0.6 is 15.9 Å². The molecule has 0 fully saturated rings. The Kier molecular flexibility index (Phi) is 3.30. The normalized spacial score (nSPS) is 10.7. The van der Waals surface area contributed by atoms with E-state index in [0.29, 0.717) is 0 Å². The average molecular weight is 260 g/mol. The number of benzene rings is 1. The topological polar surface area (TPSA) is 12.9 Å². The molecule has 1 aromatic heterocycles. The van der Waals surface area contributed by atoms with Crippen LogP contribution in [0.5, 0.6) is 0 Å². The van der Waals surface area contributed by atoms with Crippen molar-refractivity contribution in [3.8, 4) is 0 Å². The van der Waals surface area contributed by atoms with Gasteiger partial charge >= 0.3 is 0 Å². The number of rotatable bonds is 2. The fraction of sp³-hybridized carbons (Fsp3) is 0. The van der Waals surface area contributed by atoms with Gasteiger partial charge < -0.3 is 0 Å². The molecule has 0 saturated heterocycles. The van der Waals surface area contributed by atoms with Crippen LogP contribution in [0, 0.1) is 0 Å². The van der Waals surface area contributed by atoms with Crippen molar-refractivity contribution in [3.05, 3.63) is 64.4 Å². The summed E-state index contributed by atoms with van der Waals surface area (Å²) in [5, 5.41) is 0. The molecule has 0 spiro atoms. The Morgan fingerprint density at radius 3 is 2.53 bits per heavy atom. The quantitative estimate of drug-likeness (QED) is 0.794. The van der Waals surface area contributed by atoms with Crippen molar-refractivity contribution in [2.24, 2.45) is 0 Å². The van der Waals surface area contributed by atoms with Crippen molar-refractivity contribution >= 4 is 28.1 Å². The summed E-state index contributed by atoms with van der Waals surface area (Å²) in [7, 11) is 0. The Morgan fingerprint density at radius 2 is 1.80 bits per heavy atom. The first-order chi connectivity index (χ1) is 7.34. The number of hydrogen-bond donors (Lipinski definition) is 0. The standard InChI is InChI=1S/C13H10BrN/c14-12-8-9-15-13(10-12)7-6-11-4-2-1-3-5-11/h1-10H. The number of nitrogens with zero attached hydrogens (tertiary/aromatic N) is 1. The van der Waals surface area contributed by atoms with E-state index in [0.717, 1.165) is 10.2 Å². The van der Waals surface area contributed by atoms with Gasteiger partial charge in [0, 0.05) is 10.7 Å². The smallest absolute Gasteiger partial charge is 0.0641 e. The van der Waals surface area contributed by atoms with Crippen molar-refractivity contribution in [2.75, 3.05) is 0 Å². The molecule has 0 aliphatic carbocycles. The van der Waals surface area contributed by atoms with Crippen LogP contribution in [0.15, 0.2) is 53.1 Å². The Hall–Kier alpha value is -1.41. The second-order valence-electron chi connectivity index (χ2n) is 3.14. The van der Waals surface area contributed by atoms with Gasteiger partial charge in [-0.05, 0) is 23.8 Å². The first-order valence-electron chi connectivity index (χ1n) is 4.69. The predicted molar refractivity (Wildman–Crippen MR) is 67.3 cm³/mol. The maximum atomic E-state index is 4.24. The van der Waals surface area contributed by atoms with E-state index in [-0.39, 0.29) is 0 Å². The van der Waals surface area contributed by atoms with Crippen LogP contribution in [-0.4, -0.2) is 4.98 Å². The summed E-state index contributed by atoms with van der Waals surface area (Å²) in [4.78, 5) is 4.24. The van der Waals surface area contributed by atoms with Crippen LogP contribution in [0.2, 0.25) is 0 Å². The number of hydrogen-bond acceptors (Lipinski definition) is 1. The highest BCUT2D eigenvalue weighted by Crippen LogP contribution is 2.11. The fourth-order valence-corrected chi connectivity index (χ4v) is 1.61. The summed E-state index contributed by atoms with van der Waals surface area (Å²) < 4.78 is 1.05. The third kappa shape index (κ3) is 3.03. The molecule has 2 aromatic rings. The fourth-order valence-electron chi connectivity index (χ4n) is 1.26. The molecule has 1 heterocycles. The summed E-state index contributed by atoms with van der Waals surface area (Å²) in [5.74, 6) is 0. The molecule has 1 nitrogen and oxygen atoms in total. The lowest BCUT2D eigenvalue weighted by Crippen LogP contribution is -1.78. The molecule has 15 heavy (non-hydrogen) atoms. The molecule has 2 heteroatoms. The van der Waals surface area contributed by atoms with Gasteiger partial charge in [-0.15, -0.1) is 0 Å². The summed E-state index contributed by atoms with van der Waals surface area (Å²) in [5.41, 5.74) is 2.13. The number of pyridine rings is 1. The first kappa shape index (κ1) is 10.1. The van der Waals surface area contributed by atoms with E-state index in [4.69, 9.17) is 0 Å². The van der Waals surface area contributed by atoms with E-state index < -0.39 is 0 Å². The van der Waals surface area contributed by atoms with E-state index in [9.17, 15) is 0 Å². The lowest BCUT2D eigenvalue weighted by atomic mass is 10.2. The van der Waals surface area contributed by atoms with Gasteiger partial charge in [0.25, 0.3) is 0 Å². The number of halogens is 1. The molecule has 1 aromatic carbocycles. The monoisotopic (exact) mass is 259 g/mol. The van der Waals surface area contributed by atoms with E-state index in [1.54, 1.807) is 6.20 Å². The van der Waals surface area contributed by atoms with Crippen molar-refractivity contribution in [2.45, 2.75) is 0 Å². The highest BCUT2D eigenvalue weighted by atomic mass is 79.9.